The van der Waals surface area contributed by atoms with Gasteiger partial charge in [0.25, 0.3) is 5.91 Å². The summed E-state index contributed by atoms with van der Waals surface area (Å²) in [5.74, 6) is -0.133. The lowest BCUT2D eigenvalue weighted by Crippen LogP contribution is -2.59. The molecule has 13 heteroatoms. The van der Waals surface area contributed by atoms with Gasteiger partial charge in [0.1, 0.15) is 0 Å². The first-order valence-electron chi connectivity index (χ1n) is 14.6. The van der Waals surface area contributed by atoms with Gasteiger partial charge in [-0.05, 0) is 67.8 Å². The summed E-state index contributed by atoms with van der Waals surface area (Å²) in [6, 6.07) is 11.0. The number of anilines is 2. The molecule has 2 aromatic heterocycles. The molecule has 2 fully saturated rings. The fourth-order valence-electron chi connectivity index (χ4n) is 5.98. The van der Waals surface area contributed by atoms with E-state index in [0.29, 0.717) is 49.8 Å². The molecule has 0 radical (unpaired) electrons. The Morgan fingerprint density at radius 1 is 1.12 bits per heavy atom. The number of piperidine rings is 1. The molecule has 1 spiro atoms. The molecule has 43 heavy (non-hydrogen) atoms. The number of hydrogen-bond acceptors (Lipinski definition) is 7. The molecule has 2 N–H and O–H groups in total. The zero-order valence-corrected chi connectivity index (χ0v) is 23.7. The second-order valence-electron chi connectivity index (χ2n) is 11.3. The van der Waals surface area contributed by atoms with Gasteiger partial charge in [0.05, 0.1) is 25.2 Å². The van der Waals surface area contributed by atoms with Gasteiger partial charge in [-0.15, -0.1) is 5.10 Å². The number of benzene rings is 1. The van der Waals surface area contributed by atoms with E-state index >= 15 is 0 Å². The average molecular weight is 598 g/mol. The number of ether oxygens (including phenoxy) is 1. The van der Waals surface area contributed by atoms with Crippen molar-refractivity contribution in [2.45, 2.75) is 43.9 Å². The summed E-state index contributed by atoms with van der Waals surface area (Å²) < 4.78 is 45.3. The number of pyridine rings is 1. The van der Waals surface area contributed by atoms with Gasteiger partial charge in [0, 0.05) is 55.6 Å². The van der Waals surface area contributed by atoms with Crippen LogP contribution in [0.5, 0.6) is 0 Å². The lowest BCUT2D eigenvalue weighted by atomic mass is 9.92. The van der Waals surface area contributed by atoms with E-state index in [0.717, 1.165) is 42.8 Å². The molecule has 0 saturated carbocycles. The molecule has 0 aliphatic carbocycles. The van der Waals surface area contributed by atoms with Crippen LogP contribution in [0.3, 0.4) is 0 Å². The maximum atomic E-state index is 13.3. The molecule has 228 valence electrons. The van der Waals surface area contributed by atoms with E-state index in [-0.39, 0.29) is 18.1 Å². The zero-order valence-electron chi connectivity index (χ0n) is 23.7. The number of alkyl halides is 3. The van der Waals surface area contributed by atoms with Crippen molar-refractivity contribution >= 4 is 34.7 Å². The molecule has 1 unspecified atom stereocenters. The average Bonchev–Trinajstić information content (AvgIpc) is 3.43. The SMILES string of the molecule is O=C(CCC(F)(F)F)N1CC=C(c2cccn3nc(Nc4ccc(C(=O)N5CCOC6(CCCNC6)C5)cc4)nc23)CC1. The molecule has 5 heterocycles. The van der Waals surface area contributed by atoms with Crippen molar-refractivity contribution in [3.8, 4) is 0 Å². The molecule has 10 nitrogen and oxygen atoms in total. The second kappa shape index (κ2) is 12.0. The Morgan fingerprint density at radius 2 is 1.95 bits per heavy atom. The van der Waals surface area contributed by atoms with Gasteiger partial charge in [-0.25, -0.2) is 4.52 Å². The fraction of sp³-hybridized carbons (Fsp3) is 0.467. The minimum Gasteiger partial charge on any atom is -0.370 e. The molecule has 0 bridgehead atoms. The van der Waals surface area contributed by atoms with Gasteiger partial charge in [0.2, 0.25) is 11.9 Å². The fourth-order valence-corrected chi connectivity index (χ4v) is 5.98. The van der Waals surface area contributed by atoms with Crippen molar-refractivity contribution in [3.05, 3.63) is 59.8 Å². The van der Waals surface area contributed by atoms with Crippen molar-refractivity contribution in [1.82, 2.24) is 29.7 Å². The number of rotatable bonds is 6. The minimum atomic E-state index is -4.35. The molecule has 3 aliphatic rings. The zero-order chi connectivity index (χ0) is 30.0. The van der Waals surface area contributed by atoms with Crippen molar-refractivity contribution in [3.63, 3.8) is 0 Å². The number of amides is 2. The lowest BCUT2D eigenvalue weighted by Gasteiger charge is -2.45. The molecular formula is C30H34F3N7O3. The Balaban J connectivity index is 1.10. The summed E-state index contributed by atoms with van der Waals surface area (Å²) in [7, 11) is 0. The number of carbonyl (C=O) groups is 2. The van der Waals surface area contributed by atoms with Gasteiger partial charge < -0.3 is 25.2 Å². The third kappa shape index (κ3) is 6.67. The van der Waals surface area contributed by atoms with E-state index in [2.05, 4.69) is 20.7 Å². The summed E-state index contributed by atoms with van der Waals surface area (Å²) in [5.41, 5.74) is 3.46. The number of aromatic nitrogens is 3. The third-order valence-electron chi connectivity index (χ3n) is 8.25. The van der Waals surface area contributed by atoms with Gasteiger partial charge in [-0.1, -0.05) is 6.08 Å². The molecule has 1 atom stereocenters. The van der Waals surface area contributed by atoms with Crippen LogP contribution in [0.1, 0.15) is 48.0 Å². The second-order valence-corrected chi connectivity index (χ2v) is 11.3. The highest BCUT2D eigenvalue weighted by molar-refractivity contribution is 5.94. The van der Waals surface area contributed by atoms with Crippen LogP contribution < -0.4 is 10.6 Å². The highest BCUT2D eigenvalue weighted by Gasteiger charge is 2.39. The van der Waals surface area contributed by atoms with Crippen LogP contribution in [-0.4, -0.2) is 93.9 Å². The Labute approximate surface area is 246 Å². The van der Waals surface area contributed by atoms with Crippen LogP contribution in [-0.2, 0) is 9.53 Å². The molecule has 2 saturated heterocycles. The van der Waals surface area contributed by atoms with Crippen molar-refractivity contribution in [1.29, 1.82) is 0 Å². The Kier molecular flexibility index (Phi) is 8.10. The number of hydrogen-bond donors (Lipinski definition) is 2. The van der Waals surface area contributed by atoms with Crippen LogP contribution in [0.4, 0.5) is 24.8 Å². The predicted molar refractivity (Wildman–Crippen MR) is 154 cm³/mol. The number of carbonyl (C=O) groups excluding carboxylic acids is 2. The number of nitrogens with one attached hydrogen (secondary N) is 2. The summed E-state index contributed by atoms with van der Waals surface area (Å²) in [6.45, 7) is 4.01. The molecular weight excluding hydrogens is 563 g/mol. The van der Waals surface area contributed by atoms with E-state index in [1.165, 1.54) is 4.90 Å². The minimum absolute atomic E-state index is 0.0170. The topological polar surface area (TPSA) is 104 Å². The van der Waals surface area contributed by atoms with Crippen LogP contribution >= 0.6 is 0 Å². The normalized spacial score (nSPS) is 21.2. The summed E-state index contributed by atoms with van der Waals surface area (Å²) in [5, 5.41) is 11.1. The lowest BCUT2D eigenvalue weighted by molar-refractivity contribution is -0.148. The Morgan fingerprint density at radius 3 is 2.67 bits per heavy atom. The maximum absolute atomic E-state index is 13.3. The molecule has 2 amide bonds. The molecule has 3 aromatic rings. The van der Waals surface area contributed by atoms with Crippen LogP contribution in [0.15, 0.2) is 48.7 Å². The van der Waals surface area contributed by atoms with E-state index in [1.807, 2.05) is 35.2 Å². The molecule has 6 rings (SSSR count). The number of morpholine rings is 1. The summed E-state index contributed by atoms with van der Waals surface area (Å²) in [4.78, 5) is 33.5. The van der Waals surface area contributed by atoms with E-state index in [1.54, 1.807) is 22.8 Å². The van der Waals surface area contributed by atoms with E-state index in [9.17, 15) is 22.8 Å². The van der Waals surface area contributed by atoms with Gasteiger partial charge >= 0.3 is 6.18 Å². The first kappa shape index (κ1) is 29.1. The highest BCUT2D eigenvalue weighted by atomic mass is 19.4. The number of fused-ring (bicyclic) bond motifs is 1. The molecule has 1 aromatic carbocycles. The number of nitrogens with zero attached hydrogens (tertiary/aromatic N) is 5. The summed E-state index contributed by atoms with van der Waals surface area (Å²) in [6.07, 6.45) is 0.132. The van der Waals surface area contributed by atoms with Gasteiger partial charge in [0.15, 0.2) is 5.65 Å². The maximum Gasteiger partial charge on any atom is 0.389 e. The Bertz CT molecular complexity index is 1510. The van der Waals surface area contributed by atoms with E-state index in [4.69, 9.17) is 4.74 Å². The molecule has 3 aliphatic heterocycles. The quantitative estimate of drug-likeness (QED) is 0.442. The number of halogens is 3. The smallest absolute Gasteiger partial charge is 0.370 e. The predicted octanol–water partition coefficient (Wildman–Crippen LogP) is 4.03. The van der Waals surface area contributed by atoms with Crippen molar-refractivity contribution < 1.29 is 27.5 Å². The first-order valence-corrected chi connectivity index (χ1v) is 14.6. The van der Waals surface area contributed by atoms with Gasteiger partial charge in [-0.3, -0.25) is 9.59 Å². The van der Waals surface area contributed by atoms with Crippen LogP contribution in [0.2, 0.25) is 0 Å². The van der Waals surface area contributed by atoms with Crippen LogP contribution in [0.25, 0.3) is 11.2 Å². The Hall–Kier alpha value is -3.97. The van der Waals surface area contributed by atoms with Crippen molar-refractivity contribution in [2.24, 2.45) is 0 Å². The first-order chi connectivity index (χ1) is 20.7. The standard InChI is InChI=1S/C30H34F3N7O3/c31-30(32,33)12-8-25(41)38-15-9-21(10-16-38)24-3-1-14-40-26(24)36-28(37-40)35-23-6-4-22(5-7-23)27(42)39-17-18-43-29(20-39)11-2-13-34-19-29/h1,3-7,9,14,34H,2,8,10-13,15-20H2,(H,35,37). The summed E-state index contributed by atoms with van der Waals surface area (Å²) >= 11 is 0. The van der Waals surface area contributed by atoms with E-state index < -0.39 is 24.9 Å². The van der Waals surface area contributed by atoms with Crippen molar-refractivity contribution in [2.75, 3.05) is 51.2 Å². The van der Waals surface area contributed by atoms with Gasteiger partial charge in [-0.2, -0.15) is 18.2 Å². The monoisotopic (exact) mass is 597 g/mol. The largest absolute Gasteiger partial charge is 0.389 e. The third-order valence-corrected chi connectivity index (χ3v) is 8.25. The highest BCUT2D eigenvalue weighted by Crippen LogP contribution is 2.29. The van der Waals surface area contributed by atoms with Crippen LogP contribution in [0, 0.1) is 0 Å².